The van der Waals surface area contributed by atoms with E-state index < -0.39 is 0 Å². The molecule has 0 amide bonds. The summed E-state index contributed by atoms with van der Waals surface area (Å²) >= 11 is 7.18. The number of aryl methyl sites for hydroxylation is 1. The number of alkyl halides is 1. The van der Waals surface area contributed by atoms with E-state index in [0.717, 1.165) is 17.4 Å². The molecule has 0 radical (unpaired) electrons. The summed E-state index contributed by atoms with van der Waals surface area (Å²) in [6, 6.07) is 0.305. The first kappa shape index (κ1) is 10.7. The van der Waals surface area contributed by atoms with Crippen LogP contribution in [0.15, 0.2) is 0 Å². The van der Waals surface area contributed by atoms with Crippen molar-refractivity contribution in [2.45, 2.75) is 26.3 Å². The minimum atomic E-state index is 0.305. The zero-order chi connectivity index (χ0) is 9.84. The van der Waals surface area contributed by atoms with Gasteiger partial charge in [-0.2, -0.15) is 4.37 Å². The van der Waals surface area contributed by atoms with Crippen LogP contribution in [0.3, 0.4) is 0 Å². The van der Waals surface area contributed by atoms with Crippen LogP contribution >= 0.6 is 23.1 Å². The first-order valence-electron chi connectivity index (χ1n) is 4.30. The quantitative estimate of drug-likeness (QED) is 0.727. The molecule has 1 unspecified atom stereocenters. The summed E-state index contributed by atoms with van der Waals surface area (Å²) in [5.41, 5.74) is 0. The lowest BCUT2D eigenvalue weighted by Gasteiger charge is -2.21. The van der Waals surface area contributed by atoms with E-state index in [9.17, 15) is 0 Å². The lowest BCUT2D eigenvalue weighted by Crippen LogP contribution is -2.29. The Hall–Kier alpha value is -0.350. The van der Waals surface area contributed by atoms with Crippen LogP contribution in [-0.4, -0.2) is 28.3 Å². The Balaban J connectivity index is 2.70. The molecular formula is C8H14ClN3S. The zero-order valence-corrected chi connectivity index (χ0v) is 9.69. The first-order chi connectivity index (χ1) is 6.19. The zero-order valence-electron chi connectivity index (χ0n) is 8.12. The first-order valence-corrected chi connectivity index (χ1v) is 5.61. The van der Waals surface area contributed by atoms with E-state index in [1.807, 2.05) is 7.05 Å². The van der Waals surface area contributed by atoms with E-state index in [0.29, 0.717) is 11.9 Å². The smallest absolute Gasteiger partial charge is 0.205 e. The third-order valence-electron chi connectivity index (χ3n) is 1.96. The SMILES string of the molecule is CCc1nsc(N(C)C(C)CCl)n1. The Kier molecular flexibility index (Phi) is 3.93. The van der Waals surface area contributed by atoms with E-state index in [1.165, 1.54) is 11.5 Å². The fraction of sp³-hybridized carbons (Fsp3) is 0.750. The van der Waals surface area contributed by atoms with Crippen LogP contribution < -0.4 is 4.90 Å². The van der Waals surface area contributed by atoms with Crippen molar-refractivity contribution in [3.63, 3.8) is 0 Å². The Bertz CT molecular complexity index is 264. The largest absolute Gasteiger partial charge is 0.346 e. The molecule has 3 nitrogen and oxygen atoms in total. The number of rotatable bonds is 4. The molecule has 0 bridgehead atoms. The molecule has 1 heterocycles. The van der Waals surface area contributed by atoms with Crippen LogP contribution in [0.5, 0.6) is 0 Å². The fourth-order valence-corrected chi connectivity index (χ4v) is 1.84. The predicted octanol–water partition coefficient (Wildman–Crippen LogP) is 2.16. The molecular weight excluding hydrogens is 206 g/mol. The maximum atomic E-state index is 5.75. The molecule has 1 rings (SSSR count). The van der Waals surface area contributed by atoms with Crippen molar-refractivity contribution in [1.29, 1.82) is 0 Å². The summed E-state index contributed by atoms with van der Waals surface area (Å²) in [4.78, 5) is 6.43. The van der Waals surface area contributed by atoms with Crippen LogP contribution in [0.4, 0.5) is 5.13 Å². The van der Waals surface area contributed by atoms with Gasteiger partial charge in [0.05, 0.1) is 0 Å². The highest BCUT2D eigenvalue weighted by atomic mass is 35.5. The van der Waals surface area contributed by atoms with Crippen molar-refractivity contribution in [2.75, 3.05) is 17.8 Å². The molecule has 1 atom stereocenters. The molecule has 0 aliphatic carbocycles. The van der Waals surface area contributed by atoms with Crippen LogP contribution in [0.1, 0.15) is 19.7 Å². The average Bonchev–Trinajstić information content (AvgIpc) is 2.63. The Morgan fingerprint density at radius 3 is 2.77 bits per heavy atom. The van der Waals surface area contributed by atoms with Gasteiger partial charge in [-0.1, -0.05) is 6.92 Å². The van der Waals surface area contributed by atoms with Gasteiger partial charge in [0.2, 0.25) is 5.13 Å². The van der Waals surface area contributed by atoms with Gasteiger partial charge in [-0.25, -0.2) is 4.98 Å². The van der Waals surface area contributed by atoms with Crippen molar-refractivity contribution in [3.05, 3.63) is 5.82 Å². The van der Waals surface area contributed by atoms with Crippen molar-refractivity contribution in [1.82, 2.24) is 9.36 Å². The molecule has 1 aromatic rings. The molecule has 13 heavy (non-hydrogen) atoms. The van der Waals surface area contributed by atoms with Crippen LogP contribution in [0.25, 0.3) is 0 Å². The standard InChI is InChI=1S/C8H14ClN3S/c1-4-7-10-8(13-11-7)12(3)6(2)5-9/h6H,4-5H2,1-3H3. The van der Waals surface area contributed by atoms with Gasteiger partial charge in [-0.3, -0.25) is 0 Å². The summed E-state index contributed by atoms with van der Waals surface area (Å²) in [6.07, 6.45) is 0.888. The highest BCUT2D eigenvalue weighted by Gasteiger charge is 2.12. The summed E-state index contributed by atoms with van der Waals surface area (Å²) in [5.74, 6) is 1.52. The second-order valence-electron chi connectivity index (χ2n) is 2.96. The number of hydrogen-bond acceptors (Lipinski definition) is 4. The predicted molar refractivity (Wildman–Crippen MR) is 57.9 cm³/mol. The third-order valence-corrected chi connectivity index (χ3v) is 3.25. The van der Waals surface area contributed by atoms with Crippen molar-refractivity contribution in [3.8, 4) is 0 Å². The number of halogens is 1. The third kappa shape index (κ3) is 2.54. The number of hydrogen-bond donors (Lipinski definition) is 0. The summed E-state index contributed by atoms with van der Waals surface area (Å²) in [5, 5.41) is 0.949. The molecule has 0 saturated carbocycles. The van der Waals surface area contributed by atoms with Gasteiger partial charge >= 0.3 is 0 Å². The number of anilines is 1. The van der Waals surface area contributed by atoms with Crippen LogP contribution in [-0.2, 0) is 6.42 Å². The average molecular weight is 220 g/mol. The van der Waals surface area contributed by atoms with E-state index in [4.69, 9.17) is 11.6 Å². The minimum absolute atomic E-state index is 0.305. The van der Waals surface area contributed by atoms with Gasteiger partial charge in [0.25, 0.3) is 0 Å². The fourth-order valence-electron chi connectivity index (χ4n) is 0.824. The Morgan fingerprint density at radius 2 is 2.31 bits per heavy atom. The maximum Gasteiger partial charge on any atom is 0.205 e. The highest BCUT2D eigenvalue weighted by molar-refractivity contribution is 7.09. The van der Waals surface area contributed by atoms with Gasteiger partial charge < -0.3 is 4.90 Å². The lowest BCUT2D eigenvalue weighted by molar-refractivity contribution is 0.755. The molecule has 0 aromatic carbocycles. The van der Waals surface area contributed by atoms with E-state index in [1.54, 1.807) is 0 Å². The van der Waals surface area contributed by atoms with Gasteiger partial charge in [0, 0.05) is 36.9 Å². The minimum Gasteiger partial charge on any atom is -0.346 e. The number of nitrogens with zero attached hydrogens (tertiary/aromatic N) is 3. The highest BCUT2D eigenvalue weighted by Crippen LogP contribution is 2.18. The monoisotopic (exact) mass is 219 g/mol. The molecule has 0 fully saturated rings. The molecule has 5 heteroatoms. The van der Waals surface area contributed by atoms with Crippen LogP contribution in [0.2, 0.25) is 0 Å². The van der Waals surface area contributed by atoms with Crippen molar-refractivity contribution >= 4 is 28.3 Å². The van der Waals surface area contributed by atoms with E-state index >= 15 is 0 Å². The van der Waals surface area contributed by atoms with Crippen LogP contribution in [0, 0.1) is 0 Å². The second-order valence-corrected chi connectivity index (χ2v) is 4.00. The topological polar surface area (TPSA) is 29.0 Å². The normalized spacial score (nSPS) is 12.9. The molecule has 0 saturated heterocycles. The van der Waals surface area contributed by atoms with E-state index in [-0.39, 0.29) is 0 Å². The van der Waals surface area contributed by atoms with Gasteiger partial charge in [0.1, 0.15) is 5.82 Å². The van der Waals surface area contributed by atoms with Crippen molar-refractivity contribution in [2.24, 2.45) is 0 Å². The number of aromatic nitrogens is 2. The van der Waals surface area contributed by atoms with Gasteiger partial charge in [-0.15, -0.1) is 11.6 Å². The van der Waals surface area contributed by atoms with Gasteiger partial charge in [0.15, 0.2) is 0 Å². The maximum absolute atomic E-state index is 5.75. The molecule has 0 aliphatic rings. The summed E-state index contributed by atoms with van der Waals surface area (Å²) in [7, 11) is 1.99. The van der Waals surface area contributed by atoms with Gasteiger partial charge in [-0.05, 0) is 6.92 Å². The Labute approximate surface area is 87.9 Å². The molecule has 0 aliphatic heterocycles. The molecule has 0 spiro atoms. The molecule has 74 valence electrons. The van der Waals surface area contributed by atoms with Crippen molar-refractivity contribution < 1.29 is 0 Å². The van der Waals surface area contributed by atoms with E-state index in [2.05, 4.69) is 28.1 Å². The summed E-state index contributed by atoms with van der Waals surface area (Å²) in [6.45, 7) is 4.12. The second kappa shape index (κ2) is 4.77. The summed E-state index contributed by atoms with van der Waals surface area (Å²) < 4.78 is 4.22. The molecule has 1 aromatic heterocycles. The Morgan fingerprint density at radius 1 is 1.62 bits per heavy atom. The lowest BCUT2D eigenvalue weighted by atomic mass is 10.4. The molecule has 0 N–H and O–H groups in total.